The molecule has 1 saturated carbocycles. The summed E-state index contributed by atoms with van der Waals surface area (Å²) >= 11 is 9.29. The third-order valence-electron chi connectivity index (χ3n) is 3.03. The molecule has 1 aromatic carbocycles. The van der Waals surface area contributed by atoms with Crippen molar-refractivity contribution in [3.63, 3.8) is 0 Å². The van der Waals surface area contributed by atoms with Crippen LogP contribution >= 0.6 is 27.5 Å². The van der Waals surface area contributed by atoms with Gasteiger partial charge in [-0.1, -0.05) is 11.6 Å². The number of ether oxygens (including phenoxy) is 2. The zero-order chi connectivity index (χ0) is 15.7. The number of alkyl carbamates (subject to hydrolysis) is 1. The van der Waals surface area contributed by atoms with E-state index in [9.17, 15) is 4.79 Å². The molecule has 4 nitrogen and oxygen atoms in total. The molecule has 0 spiro atoms. The number of carbonyl (C=O) groups is 1. The van der Waals surface area contributed by atoms with Gasteiger partial charge in [-0.2, -0.15) is 0 Å². The molecule has 1 aliphatic carbocycles. The van der Waals surface area contributed by atoms with Gasteiger partial charge >= 0.3 is 6.09 Å². The van der Waals surface area contributed by atoms with Crippen molar-refractivity contribution in [2.24, 2.45) is 0 Å². The maximum atomic E-state index is 11.8. The monoisotopic (exact) mass is 375 g/mol. The molecule has 116 valence electrons. The van der Waals surface area contributed by atoms with Crippen molar-refractivity contribution in [2.45, 2.75) is 44.8 Å². The van der Waals surface area contributed by atoms with Crippen LogP contribution in [0.2, 0.25) is 5.02 Å². The van der Waals surface area contributed by atoms with Crippen molar-refractivity contribution in [1.29, 1.82) is 0 Å². The third kappa shape index (κ3) is 5.08. The molecule has 0 atom stereocenters. The molecule has 1 aliphatic rings. The Morgan fingerprint density at radius 1 is 1.43 bits per heavy atom. The highest BCUT2D eigenvalue weighted by Crippen LogP contribution is 2.37. The van der Waals surface area contributed by atoms with E-state index in [0.717, 1.165) is 17.3 Å². The Balaban J connectivity index is 1.87. The predicted molar refractivity (Wildman–Crippen MR) is 86.0 cm³/mol. The molecule has 1 N–H and O–H groups in total. The van der Waals surface area contributed by atoms with Crippen LogP contribution in [0.3, 0.4) is 0 Å². The van der Waals surface area contributed by atoms with Crippen LogP contribution in [0.1, 0.15) is 33.6 Å². The van der Waals surface area contributed by atoms with Crippen LogP contribution < -0.4 is 10.1 Å². The van der Waals surface area contributed by atoms with Crippen LogP contribution in [0.5, 0.6) is 5.75 Å². The van der Waals surface area contributed by atoms with Gasteiger partial charge in [0.05, 0.1) is 10.6 Å². The molecule has 6 heteroatoms. The summed E-state index contributed by atoms with van der Waals surface area (Å²) in [6.07, 6.45) is 1.38. The van der Waals surface area contributed by atoms with Gasteiger partial charge in [0.25, 0.3) is 0 Å². The Kier molecular flexibility index (Phi) is 4.73. The molecule has 2 rings (SSSR count). The smallest absolute Gasteiger partial charge is 0.408 e. The van der Waals surface area contributed by atoms with E-state index < -0.39 is 11.7 Å². The second-order valence-corrected chi connectivity index (χ2v) is 7.53. The van der Waals surface area contributed by atoms with Crippen molar-refractivity contribution in [1.82, 2.24) is 5.32 Å². The number of benzene rings is 1. The van der Waals surface area contributed by atoms with Gasteiger partial charge in [-0.05, 0) is 67.7 Å². The second-order valence-electron chi connectivity index (χ2n) is 6.27. The van der Waals surface area contributed by atoms with Crippen LogP contribution in [0.25, 0.3) is 0 Å². The first-order valence-electron chi connectivity index (χ1n) is 6.78. The van der Waals surface area contributed by atoms with Crippen LogP contribution in [0.15, 0.2) is 22.7 Å². The van der Waals surface area contributed by atoms with Gasteiger partial charge in [-0.3, -0.25) is 0 Å². The van der Waals surface area contributed by atoms with Crippen LogP contribution in [-0.2, 0) is 4.74 Å². The van der Waals surface area contributed by atoms with Gasteiger partial charge in [0, 0.05) is 4.47 Å². The quantitative estimate of drug-likeness (QED) is 0.839. The molecule has 0 aliphatic heterocycles. The van der Waals surface area contributed by atoms with E-state index in [2.05, 4.69) is 21.2 Å². The Bertz CT molecular complexity index is 538. The topological polar surface area (TPSA) is 47.6 Å². The summed E-state index contributed by atoms with van der Waals surface area (Å²) in [5.41, 5.74) is -0.809. The summed E-state index contributed by atoms with van der Waals surface area (Å²) in [6, 6.07) is 5.38. The minimum absolute atomic E-state index is 0.311. The Hall–Kier alpha value is -0.940. The molecule has 0 heterocycles. The Labute approximate surface area is 138 Å². The lowest BCUT2D eigenvalue weighted by Gasteiger charge is -2.23. The molecule has 0 bridgehead atoms. The zero-order valence-electron chi connectivity index (χ0n) is 12.3. The summed E-state index contributed by atoms with van der Waals surface area (Å²) in [7, 11) is 0. The molecule has 1 fully saturated rings. The van der Waals surface area contributed by atoms with Crippen LogP contribution in [-0.4, -0.2) is 23.8 Å². The number of amides is 1. The fourth-order valence-electron chi connectivity index (χ4n) is 1.76. The molecule has 0 saturated heterocycles. The van der Waals surface area contributed by atoms with Gasteiger partial charge in [0.2, 0.25) is 0 Å². The average Bonchev–Trinajstić information content (AvgIpc) is 3.08. The summed E-state index contributed by atoms with van der Waals surface area (Å²) in [5.74, 6) is 0.712. The fraction of sp³-hybridized carbons (Fsp3) is 0.533. The van der Waals surface area contributed by atoms with Crippen molar-refractivity contribution < 1.29 is 14.3 Å². The third-order valence-corrected chi connectivity index (χ3v) is 4.24. The normalized spacial score (nSPS) is 16.2. The standard InChI is InChI=1S/C15H19BrClNO3/c1-14(2,3)21-13(19)18-15(6-7-15)9-20-10-4-5-12(17)11(16)8-10/h4-5,8H,6-7,9H2,1-3H3,(H,18,19). The molecular formula is C15H19BrClNO3. The number of halogens is 2. The molecular weight excluding hydrogens is 358 g/mol. The van der Waals surface area contributed by atoms with E-state index in [1.54, 1.807) is 12.1 Å². The number of hydrogen-bond donors (Lipinski definition) is 1. The number of rotatable bonds is 4. The summed E-state index contributed by atoms with van der Waals surface area (Å²) in [5, 5.41) is 3.53. The zero-order valence-corrected chi connectivity index (χ0v) is 14.7. The molecule has 0 aromatic heterocycles. The van der Waals surface area contributed by atoms with Crippen molar-refractivity contribution in [3.8, 4) is 5.75 Å². The highest BCUT2D eigenvalue weighted by molar-refractivity contribution is 9.10. The SMILES string of the molecule is CC(C)(C)OC(=O)NC1(COc2ccc(Cl)c(Br)c2)CC1. The van der Waals surface area contributed by atoms with Gasteiger partial charge < -0.3 is 14.8 Å². The molecule has 1 aromatic rings. The number of nitrogens with one attached hydrogen (secondary N) is 1. The van der Waals surface area contributed by atoms with E-state index in [4.69, 9.17) is 21.1 Å². The van der Waals surface area contributed by atoms with E-state index in [1.807, 2.05) is 26.8 Å². The Morgan fingerprint density at radius 3 is 2.62 bits per heavy atom. The highest BCUT2D eigenvalue weighted by Gasteiger charge is 2.46. The van der Waals surface area contributed by atoms with Crippen LogP contribution in [0.4, 0.5) is 4.79 Å². The van der Waals surface area contributed by atoms with E-state index in [1.165, 1.54) is 0 Å². The summed E-state index contributed by atoms with van der Waals surface area (Å²) in [4.78, 5) is 11.8. The van der Waals surface area contributed by atoms with Crippen LogP contribution in [0, 0.1) is 0 Å². The summed E-state index contributed by atoms with van der Waals surface area (Å²) < 4.78 is 11.8. The molecule has 0 radical (unpaired) electrons. The van der Waals surface area contributed by atoms with Crippen molar-refractivity contribution >= 4 is 33.6 Å². The maximum Gasteiger partial charge on any atom is 0.408 e. The van der Waals surface area contributed by atoms with Crippen molar-refractivity contribution in [2.75, 3.05) is 6.61 Å². The van der Waals surface area contributed by atoms with Gasteiger partial charge in [0.15, 0.2) is 0 Å². The number of carbonyl (C=O) groups excluding carboxylic acids is 1. The van der Waals surface area contributed by atoms with Gasteiger partial charge in [0.1, 0.15) is 18.0 Å². The second kappa shape index (κ2) is 6.05. The minimum Gasteiger partial charge on any atom is -0.491 e. The molecule has 21 heavy (non-hydrogen) atoms. The maximum absolute atomic E-state index is 11.8. The first-order valence-corrected chi connectivity index (χ1v) is 7.95. The predicted octanol–water partition coefficient (Wildman–Crippen LogP) is 4.54. The van der Waals surface area contributed by atoms with Gasteiger partial charge in [-0.25, -0.2) is 4.79 Å². The Morgan fingerprint density at radius 2 is 2.10 bits per heavy atom. The lowest BCUT2D eigenvalue weighted by molar-refractivity contribution is 0.0477. The largest absolute Gasteiger partial charge is 0.491 e. The molecule has 0 unspecified atom stereocenters. The van der Waals surface area contributed by atoms with E-state index in [-0.39, 0.29) is 5.54 Å². The van der Waals surface area contributed by atoms with E-state index in [0.29, 0.717) is 17.4 Å². The van der Waals surface area contributed by atoms with E-state index >= 15 is 0 Å². The fourth-order valence-corrected chi connectivity index (χ4v) is 2.24. The average molecular weight is 377 g/mol. The summed E-state index contributed by atoms with van der Waals surface area (Å²) in [6.45, 7) is 5.94. The lowest BCUT2D eigenvalue weighted by Crippen LogP contribution is -2.44. The van der Waals surface area contributed by atoms with Gasteiger partial charge in [-0.15, -0.1) is 0 Å². The highest BCUT2D eigenvalue weighted by atomic mass is 79.9. The minimum atomic E-state index is -0.498. The molecule has 1 amide bonds. The first kappa shape index (κ1) is 16.4. The van der Waals surface area contributed by atoms with Crippen molar-refractivity contribution in [3.05, 3.63) is 27.7 Å². The number of hydrogen-bond acceptors (Lipinski definition) is 3. The first-order chi connectivity index (χ1) is 9.69. The lowest BCUT2D eigenvalue weighted by atomic mass is 10.2.